The van der Waals surface area contributed by atoms with Crippen molar-refractivity contribution in [3.8, 4) is 5.75 Å². The fourth-order valence-corrected chi connectivity index (χ4v) is 4.33. The molecule has 1 fully saturated rings. The van der Waals surface area contributed by atoms with Crippen LogP contribution in [0.15, 0.2) is 29.3 Å². The third-order valence-corrected chi connectivity index (χ3v) is 5.85. The fourth-order valence-electron chi connectivity index (χ4n) is 3.53. The number of aliphatic imine (C=N–C) groups is 1. The van der Waals surface area contributed by atoms with Crippen LogP contribution in [0.3, 0.4) is 0 Å². The van der Waals surface area contributed by atoms with Gasteiger partial charge in [0.1, 0.15) is 17.7 Å². The number of nitrogens with zero attached hydrogens (tertiary/aromatic N) is 5. The molecule has 1 aromatic heterocycles. The summed E-state index contributed by atoms with van der Waals surface area (Å²) in [5.74, 6) is 2.89. The molecule has 1 N–H and O–H groups in total. The van der Waals surface area contributed by atoms with Crippen LogP contribution in [0.2, 0.25) is 0 Å². The van der Waals surface area contributed by atoms with Crippen molar-refractivity contribution in [2.45, 2.75) is 25.9 Å². The van der Waals surface area contributed by atoms with Gasteiger partial charge in [0, 0.05) is 57.6 Å². The van der Waals surface area contributed by atoms with Gasteiger partial charge in [-0.3, -0.25) is 4.99 Å². The number of hydrogen-bond donors (Lipinski definition) is 1. The lowest BCUT2D eigenvalue weighted by atomic mass is 10.1. The van der Waals surface area contributed by atoms with Crippen molar-refractivity contribution < 1.29 is 4.74 Å². The quantitative estimate of drug-likeness (QED) is 0.639. The third-order valence-electron chi connectivity index (χ3n) is 5.04. The minimum atomic E-state index is 0.161. The molecular weight excluding hydrogens is 360 g/mol. The lowest BCUT2D eigenvalue weighted by Gasteiger charge is -2.36. The van der Waals surface area contributed by atoms with Crippen molar-refractivity contribution >= 4 is 22.6 Å². The SMILES string of the molecule is CCc1nsc(N2CCN(C(=NC)NCC3Cc4ccccc4O3)CC2)n1. The minimum absolute atomic E-state index is 0.161. The molecule has 0 spiro atoms. The molecule has 0 amide bonds. The summed E-state index contributed by atoms with van der Waals surface area (Å²) in [4.78, 5) is 13.7. The van der Waals surface area contributed by atoms with Crippen LogP contribution in [0.1, 0.15) is 18.3 Å². The third kappa shape index (κ3) is 4.00. The van der Waals surface area contributed by atoms with E-state index in [2.05, 4.69) is 48.5 Å². The topological polar surface area (TPSA) is 65.9 Å². The predicted octanol–water partition coefficient (Wildman–Crippen LogP) is 1.80. The van der Waals surface area contributed by atoms with Gasteiger partial charge in [-0.1, -0.05) is 25.1 Å². The number of aryl methyl sites for hydroxylation is 1. The number of hydrogen-bond acceptors (Lipinski definition) is 6. The van der Waals surface area contributed by atoms with E-state index < -0.39 is 0 Å². The normalized spacial score (nSPS) is 19.8. The first-order valence-electron chi connectivity index (χ1n) is 9.54. The van der Waals surface area contributed by atoms with Crippen molar-refractivity contribution in [3.05, 3.63) is 35.7 Å². The van der Waals surface area contributed by atoms with Crippen LogP contribution in [0.4, 0.5) is 5.13 Å². The largest absolute Gasteiger partial charge is 0.488 e. The standard InChI is InChI=1S/C19H26N6OS/c1-3-17-22-19(27-23-17)25-10-8-24(9-11-25)18(20-2)21-13-15-12-14-6-4-5-7-16(14)26-15/h4-7,15H,3,8-13H2,1-2H3,(H,20,21). The molecule has 0 aliphatic carbocycles. The molecule has 4 rings (SSSR count). The Morgan fingerprint density at radius 1 is 1.30 bits per heavy atom. The van der Waals surface area contributed by atoms with Crippen molar-refractivity contribution in [3.63, 3.8) is 0 Å². The molecule has 1 unspecified atom stereocenters. The van der Waals surface area contributed by atoms with E-state index >= 15 is 0 Å². The smallest absolute Gasteiger partial charge is 0.205 e. The van der Waals surface area contributed by atoms with Crippen LogP contribution >= 0.6 is 11.5 Å². The molecule has 3 heterocycles. The van der Waals surface area contributed by atoms with Crippen LogP contribution in [-0.4, -0.2) is 66.1 Å². The summed E-state index contributed by atoms with van der Waals surface area (Å²) in [6, 6.07) is 8.27. The lowest BCUT2D eigenvalue weighted by Crippen LogP contribution is -2.53. The molecule has 2 aromatic rings. The number of ether oxygens (including phenoxy) is 1. The van der Waals surface area contributed by atoms with E-state index in [1.165, 1.54) is 17.1 Å². The van der Waals surface area contributed by atoms with Gasteiger partial charge in [0.25, 0.3) is 0 Å². The number of nitrogens with one attached hydrogen (secondary N) is 1. The highest BCUT2D eigenvalue weighted by atomic mass is 32.1. The second kappa shape index (κ2) is 8.12. The molecule has 1 atom stereocenters. The number of guanidine groups is 1. The van der Waals surface area contributed by atoms with Crippen LogP contribution in [0, 0.1) is 0 Å². The number of rotatable bonds is 4. The van der Waals surface area contributed by atoms with E-state index in [0.717, 1.165) is 68.2 Å². The van der Waals surface area contributed by atoms with Gasteiger partial charge < -0.3 is 19.9 Å². The average molecular weight is 387 g/mol. The van der Waals surface area contributed by atoms with Crippen LogP contribution in [0.5, 0.6) is 5.75 Å². The molecule has 144 valence electrons. The Bertz CT molecular complexity index is 774. The monoisotopic (exact) mass is 386 g/mol. The molecule has 2 aliphatic rings. The lowest BCUT2D eigenvalue weighted by molar-refractivity contribution is 0.232. The average Bonchev–Trinajstić information content (AvgIpc) is 3.35. The maximum absolute atomic E-state index is 6.02. The highest BCUT2D eigenvalue weighted by Gasteiger charge is 2.25. The molecule has 0 radical (unpaired) electrons. The van der Waals surface area contributed by atoms with E-state index in [9.17, 15) is 0 Å². The molecule has 8 heteroatoms. The van der Waals surface area contributed by atoms with E-state index in [-0.39, 0.29) is 6.10 Å². The number of benzene rings is 1. The summed E-state index contributed by atoms with van der Waals surface area (Å²) in [6.45, 7) is 6.57. The second-order valence-corrected chi connectivity index (χ2v) is 7.53. The van der Waals surface area contributed by atoms with Crippen LogP contribution in [0.25, 0.3) is 0 Å². The molecule has 0 bridgehead atoms. The Morgan fingerprint density at radius 3 is 2.81 bits per heavy atom. The molecule has 1 aromatic carbocycles. The Hall–Kier alpha value is -2.35. The first-order valence-corrected chi connectivity index (χ1v) is 10.3. The zero-order chi connectivity index (χ0) is 18.6. The number of fused-ring (bicyclic) bond motifs is 1. The van der Waals surface area contributed by atoms with Crippen molar-refractivity contribution in [1.29, 1.82) is 0 Å². The van der Waals surface area contributed by atoms with E-state index in [4.69, 9.17) is 4.74 Å². The highest BCUT2D eigenvalue weighted by Crippen LogP contribution is 2.27. The summed E-state index contributed by atoms with van der Waals surface area (Å²) >= 11 is 1.50. The van der Waals surface area contributed by atoms with Gasteiger partial charge >= 0.3 is 0 Å². The maximum atomic E-state index is 6.02. The van der Waals surface area contributed by atoms with Gasteiger partial charge in [0.15, 0.2) is 5.96 Å². The van der Waals surface area contributed by atoms with Gasteiger partial charge in [0.2, 0.25) is 5.13 Å². The van der Waals surface area contributed by atoms with Gasteiger partial charge in [-0.15, -0.1) is 0 Å². The maximum Gasteiger partial charge on any atom is 0.205 e. The molecule has 27 heavy (non-hydrogen) atoms. The zero-order valence-electron chi connectivity index (χ0n) is 15.9. The van der Waals surface area contributed by atoms with Gasteiger partial charge in [0.05, 0.1) is 6.54 Å². The van der Waals surface area contributed by atoms with Crippen molar-refractivity contribution in [2.24, 2.45) is 4.99 Å². The van der Waals surface area contributed by atoms with Gasteiger partial charge in [-0.2, -0.15) is 4.37 Å². The Kier molecular flexibility index (Phi) is 5.42. The number of anilines is 1. The van der Waals surface area contributed by atoms with Crippen LogP contribution < -0.4 is 15.0 Å². The summed E-state index contributed by atoms with van der Waals surface area (Å²) < 4.78 is 10.4. The fraction of sp³-hybridized carbons (Fsp3) is 0.526. The molecule has 7 nitrogen and oxygen atoms in total. The molecule has 0 saturated carbocycles. The Morgan fingerprint density at radius 2 is 2.11 bits per heavy atom. The second-order valence-electron chi connectivity index (χ2n) is 6.80. The highest BCUT2D eigenvalue weighted by molar-refractivity contribution is 7.09. The van der Waals surface area contributed by atoms with Crippen LogP contribution in [-0.2, 0) is 12.8 Å². The first-order chi connectivity index (χ1) is 13.3. The minimum Gasteiger partial charge on any atom is -0.488 e. The van der Waals surface area contributed by atoms with Crippen molar-refractivity contribution in [1.82, 2.24) is 19.6 Å². The van der Waals surface area contributed by atoms with E-state index in [0.29, 0.717) is 0 Å². The zero-order valence-corrected chi connectivity index (χ0v) is 16.7. The van der Waals surface area contributed by atoms with Gasteiger partial charge in [-0.25, -0.2) is 4.98 Å². The van der Waals surface area contributed by atoms with E-state index in [1.54, 1.807) is 0 Å². The summed E-state index contributed by atoms with van der Waals surface area (Å²) in [5, 5.41) is 4.52. The Balaban J connectivity index is 1.27. The number of piperazine rings is 1. The number of aromatic nitrogens is 2. The summed E-state index contributed by atoms with van der Waals surface area (Å²) in [5.41, 5.74) is 1.29. The predicted molar refractivity (Wildman–Crippen MR) is 109 cm³/mol. The summed E-state index contributed by atoms with van der Waals surface area (Å²) in [7, 11) is 1.84. The first kappa shape index (κ1) is 18.0. The van der Waals surface area contributed by atoms with E-state index in [1.807, 2.05) is 19.2 Å². The number of para-hydroxylation sites is 1. The summed E-state index contributed by atoms with van der Waals surface area (Å²) in [6.07, 6.45) is 2.00. The molecule has 2 aliphatic heterocycles. The molecule has 1 saturated heterocycles. The van der Waals surface area contributed by atoms with Gasteiger partial charge in [-0.05, 0) is 11.6 Å². The Labute approximate surface area is 164 Å². The molecular formula is C19H26N6OS. The van der Waals surface area contributed by atoms with Crippen molar-refractivity contribution in [2.75, 3.05) is 44.7 Å².